The van der Waals surface area contributed by atoms with Gasteiger partial charge in [-0.1, -0.05) is 0 Å². The standard InChI is InChI=1S/C15H16FNO4/c1-9(15(20)17-12-3-4-12)21-13-7-10(2-5-14(18)19)6-11(16)8-13/h2,5-9,12H,3-4H2,1H3,(H,17,20)(H,18,19)/b5-2+. The van der Waals surface area contributed by atoms with E-state index in [0.29, 0.717) is 5.56 Å². The third-order valence-corrected chi connectivity index (χ3v) is 2.92. The highest BCUT2D eigenvalue weighted by molar-refractivity contribution is 5.85. The van der Waals surface area contributed by atoms with Gasteiger partial charge in [0.25, 0.3) is 5.91 Å². The highest BCUT2D eigenvalue weighted by Crippen LogP contribution is 2.21. The van der Waals surface area contributed by atoms with Gasteiger partial charge in [-0.2, -0.15) is 0 Å². The van der Waals surface area contributed by atoms with Crippen molar-refractivity contribution in [2.24, 2.45) is 0 Å². The Hall–Kier alpha value is -2.37. The lowest BCUT2D eigenvalue weighted by Gasteiger charge is -2.15. The van der Waals surface area contributed by atoms with Crippen LogP contribution in [0.2, 0.25) is 0 Å². The Kier molecular flexibility index (Phi) is 4.57. The van der Waals surface area contributed by atoms with E-state index in [1.807, 2.05) is 0 Å². The molecule has 1 amide bonds. The molecule has 2 N–H and O–H groups in total. The number of carbonyl (C=O) groups excluding carboxylic acids is 1. The normalized spacial score (nSPS) is 15.7. The Morgan fingerprint density at radius 3 is 2.76 bits per heavy atom. The van der Waals surface area contributed by atoms with Crippen molar-refractivity contribution in [3.63, 3.8) is 0 Å². The molecule has 0 aliphatic heterocycles. The predicted molar refractivity (Wildman–Crippen MR) is 74.3 cm³/mol. The number of carbonyl (C=O) groups is 2. The second-order valence-electron chi connectivity index (χ2n) is 4.93. The molecule has 0 bridgehead atoms. The van der Waals surface area contributed by atoms with E-state index in [0.717, 1.165) is 25.0 Å². The molecule has 1 fully saturated rings. The van der Waals surface area contributed by atoms with Gasteiger partial charge in [-0.05, 0) is 43.5 Å². The Labute approximate surface area is 121 Å². The first-order chi connectivity index (χ1) is 9.94. The number of benzene rings is 1. The number of halogens is 1. The van der Waals surface area contributed by atoms with Gasteiger partial charge < -0.3 is 15.2 Å². The summed E-state index contributed by atoms with van der Waals surface area (Å²) in [5.74, 6) is -1.76. The molecular formula is C15H16FNO4. The predicted octanol–water partition coefficient (Wildman–Crippen LogP) is 1.97. The topological polar surface area (TPSA) is 75.6 Å². The first-order valence-electron chi connectivity index (χ1n) is 6.62. The molecule has 0 spiro atoms. The van der Waals surface area contributed by atoms with Crippen LogP contribution in [0.5, 0.6) is 5.75 Å². The zero-order valence-corrected chi connectivity index (χ0v) is 11.5. The lowest BCUT2D eigenvalue weighted by molar-refractivity contribution is -0.131. The van der Waals surface area contributed by atoms with Gasteiger partial charge in [-0.15, -0.1) is 0 Å². The van der Waals surface area contributed by atoms with E-state index in [4.69, 9.17) is 9.84 Å². The van der Waals surface area contributed by atoms with Crippen LogP contribution in [-0.2, 0) is 9.59 Å². The smallest absolute Gasteiger partial charge is 0.328 e. The van der Waals surface area contributed by atoms with E-state index < -0.39 is 17.9 Å². The number of ether oxygens (including phenoxy) is 1. The number of nitrogens with one attached hydrogen (secondary N) is 1. The van der Waals surface area contributed by atoms with Crippen molar-refractivity contribution in [3.05, 3.63) is 35.7 Å². The van der Waals surface area contributed by atoms with E-state index in [2.05, 4.69) is 5.32 Å². The van der Waals surface area contributed by atoms with Crippen LogP contribution in [0.1, 0.15) is 25.3 Å². The van der Waals surface area contributed by atoms with Crippen LogP contribution in [0.15, 0.2) is 24.3 Å². The summed E-state index contributed by atoms with van der Waals surface area (Å²) in [6.07, 6.45) is 3.36. The van der Waals surface area contributed by atoms with Gasteiger partial charge in [0.2, 0.25) is 0 Å². The summed E-state index contributed by atoms with van der Waals surface area (Å²) < 4.78 is 18.9. The van der Waals surface area contributed by atoms with Crippen molar-refractivity contribution in [1.29, 1.82) is 0 Å². The zero-order chi connectivity index (χ0) is 15.4. The second-order valence-corrected chi connectivity index (χ2v) is 4.93. The molecule has 6 heteroatoms. The largest absolute Gasteiger partial charge is 0.481 e. The summed E-state index contributed by atoms with van der Waals surface area (Å²) in [4.78, 5) is 22.2. The quantitative estimate of drug-likeness (QED) is 0.786. The molecule has 0 saturated heterocycles. The van der Waals surface area contributed by atoms with E-state index in [9.17, 15) is 14.0 Å². The maximum absolute atomic E-state index is 13.5. The average Bonchev–Trinajstić information content (AvgIpc) is 3.19. The van der Waals surface area contributed by atoms with Crippen molar-refractivity contribution in [2.75, 3.05) is 0 Å². The fourth-order valence-corrected chi connectivity index (χ4v) is 1.72. The van der Waals surface area contributed by atoms with Crippen LogP contribution in [0.4, 0.5) is 4.39 Å². The molecule has 112 valence electrons. The van der Waals surface area contributed by atoms with Crippen molar-refractivity contribution >= 4 is 18.0 Å². The molecule has 2 rings (SSSR count). The fraction of sp³-hybridized carbons (Fsp3) is 0.333. The monoisotopic (exact) mass is 293 g/mol. The van der Waals surface area contributed by atoms with Crippen LogP contribution < -0.4 is 10.1 Å². The van der Waals surface area contributed by atoms with Gasteiger partial charge in [-0.3, -0.25) is 4.79 Å². The van der Waals surface area contributed by atoms with Crippen molar-refractivity contribution in [2.45, 2.75) is 31.9 Å². The molecule has 1 saturated carbocycles. The third-order valence-electron chi connectivity index (χ3n) is 2.92. The minimum atomic E-state index is -1.13. The number of carboxylic acid groups (broad SMARTS) is 1. The van der Waals surface area contributed by atoms with E-state index in [-0.39, 0.29) is 17.7 Å². The number of carboxylic acids is 1. The maximum atomic E-state index is 13.5. The summed E-state index contributed by atoms with van der Waals surface area (Å²) in [6.45, 7) is 1.58. The molecule has 1 unspecified atom stereocenters. The number of aliphatic carboxylic acids is 1. The molecule has 0 aromatic heterocycles. The second kappa shape index (κ2) is 6.39. The molecule has 5 nitrogen and oxygen atoms in total. The molecule has 1 aromatic rings. The van der Waals surface area contributed by atoms with Crippen molar-refractivity contribution in [3.8, 4) is 5.75 Å². The van der Waals surface area contributed by atoms with Crippen LogP contribution >= 0.6 is 0 Å². The Balaban J connectivity index is 2.04. The summed E-state index contributed by atoms with van der Waals surface area (Å²) >= 11 is 0. The lowest BCUT2D eigenvalue weighted by Crippen LogP contribution is -2.37. The first-order valence-corrected chi connectivity index (χ1v) is 6.62. The third kappa shape index (κ3) is 4.91. The molecule has 21 heavy (non-hydrogen) atoms. The minimum Gasteiger partial charge on any atom is -0.481 e. The van der Waals surface area contributed by atoms with E-state index in [1.54, 1.807) is 6.92 Å². The summed E-state index contributed by atoms with van der Waals surface area (Å²) in [7, 11) is 0. The van der Waals surface area contributed by atoms with Gasteiger partial charge in [-0.25, -0.2) is 9.18 Å². The highest BCUT2D eigenvalue weighted by Gasteiger charge is 2.26. The van der Waals surface area contributed by atoms with Gasteiger partial charge in [0, 0.05) is 18.2 Å². The van der Waals surface area contributed by atoms with Crippen molar-refractivity contribution < 1.29 is 23.8 Å². The van der Waals surface area contributed by atoms with Crippen molar-refractivity contribution in [1.82, 2.24) is 5.32 Å². The number of rotatable bonds is 6. The summed E-state index contributed by atoms with van der Waals surface area (Å²) in [5.41, 5.74) is 0.349. The zero-order valence-electron chi connectivity index (χ0n) is 11.5. The summed E-state index contributed by atoms with van der Waals surface area (Å²) in [5, 5.41) is 11.4. The maximum Gasteiger partial charge on any atom is 0.328 e. The highest BCUT2D eigenvalue weighted by atomic mass is 19.1. The Morgan fingerprint density at radius 2 is 2.14 bits per heavy atom. The number of hydrogen-bond donors (Lipinski definition) is 2. The molecule has 1 atom stereocenters. The van der Waals surface area contributed by atoms with E-state index in [1.165, 1.54) is 18.2 Å². The molecule has 0 heterocycles. The average molecular weight is 293 g/mol. The summed E-state index contributed by atoms with van der Waals surface area (Å²) in [6, 6.07) is 4.04. The van der Waals surface area contributed by atoms with Gasteiger partial charge >= 0.3 is 5.97 Å². The van der Waals surface area contributed by atoms with Gasteiger partial charge in [0.15, 0.2) is 6.10 Å². The molecule has 1 aliphatic carbocycles. The minimum absolute atomic E-state index is 0.179. The molecule has 0 radical (unpaired) electrons. The van der Waals surface area contributed by atoms with Crippen LogP contribution in [0, 0.1) is 5.82 Å². The number of amides is 1. The fourth-order valence-electron chi connectivity index (χ4n) is 1.72. The van der Waals surface area contributed by atoms with E-state index >= 15 is 0 Å². The van der Waals surface area contributed by atoms with Gasteiger partial charge in [0.1, 0.15) is 11.6 Å². The molecule has 1 aliphatic rings. The number of hydrogen-bond acceptors (Lipinski definition) is 3. The SMILES string of the molecule is CC(Oc1cc(F)cc(/C=C/C(=O)O)c1)C(=O)NC1CC1. The van der Waals surface area contributed by atoms with Gasteiger partial charge in [0.05, 0.1) is 0 Å². The molecular weight excluding hydrogens is 277 g/mol. The lowest BCUT2D eigenvalue weighted by atomic mass is 10.2. The first kappa shape index (κ1) is 15.0. The van der Waals surface area contributed by atoms with Crippen LogP contribution in [0.25, 0.3) is 6.08 Å². The molecule has 1 aromatic carbocycles. The van der Waals surface area contributed by atoms with Crippen LogP contribution in [-0.4, -0.2) is 29.1 Å². The Morgan fingerprint density at radius 1 is 1.43 bits per heavy atom. The Bertz CT molecular complexity index is 581. The van der Waals surface area contributed by atoms with Crippen LogP contribution in [0.3, 0.4) is 0 Å².